The Balaban J connectivity index is 1.62. The third-order valence-electron chi connectivity index (χ3n) is 10.3. The Morgan fingerprint density at radius 1 is 1.02 bits per heavy atom. The summed E-state index contributed by atoms with van der Waals surface area (Å²) >= 11 is 0. The van der Waals surface area contributed by atoms with Crippen molar-refractivity contribution >= 4 is 17.7 Å². The summed E-state index contributed by atoms with van der Waals surface area (Å²) in [5, 5.41) is 22.9. The fourth-order valence-electron chi connectivity index (χ4n) is 8.25. The molecule has 0 aromatic heterocycles. The van der Waals surface area contributed by atoms with Gasteiger partial charge >= 0.3 is 11.9 Å². The summed E-state index contributed by atoms with van der Waals surface area (Å²) in [6.07, 6.45) is 23.5. The maximum Gasteiger partial charge on any atom is 0.321 e. The highest BCUT2D eigenvalue weighted by atomic mass is 16.6. The third kappa shape index (κ3) is 5.46. The van der Waals surface area contributed by atoms with Crippen LogP contribution in [0.4, 0.5) is 0 Å². The Kier molecular flexibility index (Phi) is 9.67. The number of carbonyl (C=O) groups is 3. The van der Waals surface area contributed by atoms with Gasteiger partial charge in [0.05, 0.1) is 18.5 Å². The second-order valence-electron chi connectivity index (χ2n) is 12.9. The maximum atomic E-state index is 14.0. The molecule has 0 spiro atoms. The van der Waals surface area contributed by atoms with Gasteiger partial charge in [-0.1, -0.05) is 94.9 Å². The second kappa shape index (κ2) is 12.7. The number of fused-ring (bicyclic) bond motifs is 5. The van der Waals surface area contributed by atoms with E-state index in [0.29, 0.717) is 17.6 Å². The lowest BCUT2D eigenvalue weighted by Crippen LogP contribution is -2.62. The number of Topliss-reactive ketones (excluding diaryl/α,β-unsaturated/α-hetero) is 1. The number of carbonyl (C=O) groups excluding carboxylic acids is 3. The number of aliphatic hydroxyl groups excluding tert-OH is 1. The minimum Gasteiger partial charge on any atom is -0.461 e. The molecule has 0 aromatic rings. The lowest BCUT2D eigenvalue weighted by molar-refractivity contribution is -0.201. The van der Waals surface area contributed by atoms with Gasteiger partial charge in [0, 0.05) is 30.6 Å². The molecule has 0 bridgehead atoms. The number of hydrogen-bond donors (Lipinski definition) is 2. The van der Waals surface area contributed by atoms with Crippen LogP contribution in [-0.4, -0.2) is 46.2 Å². The zero-order valence-corrected chi connectivity index (χ0v) is 26.2. The number of ketones is 1. The van der Waals surface area contributed by atoms with Crippen LogP contribution >= 0.6 is 0 Å². The molecule has 2 N–H and O–H groups in total. The van der Waals surface area contributed by atoms with Crippen LogP contribution in [0.3, 0.4) is 0 Å². The number of aliphatic hydroxyl groups is 2. The molecule has 0 aliphatic heterocycles. The molecule has 8 atom stereocenters. The topological polar surface area (TPSA) is 110 Å². The van der Waals surface area contributed by atoms with E-state index in [1.807, 2.05) is 62.5 Å². The van der Waals surface area contributed by atoms with E-state index in [-0.39, 0.29) is 12.4 Å². The Morgan fingerprint density at radius 3 is 2.26 bits per heavy atom. The first-order valence-electron chi connectivity index (χ1n) is 15.4. The fourth-order valence-corrected chi connectivity index (χ4v) is 8.25. The normalized spacial score (nSPS) is 36.5. The van der Waals surface area contributed by atoms with Crippen LogP contribution in [0.25, 0.3) is 0 Å². The molecule has 0 heterocycles. The van der Waals surface area contributed by atoms with Crippen molar-refractivity contribution in [2.45, 2.75) is 72.5 Å². The van der Waals surface area contributed by atoms with Crippen LogP contribution in [0, 0.1) is 40.4 Å². The molecule has 0 aromatic carbocycles. The average molecular weight is 591 g/mol. The summed E-state index contributed by atoms with van der Waals surface area (Å²) in [7, 11) is 0. The highest BCUT2D eigenvalue weighted by Crippen LogP contribution is 2.80. The van der Waals surface area contributed by atoms with Gasteiger partial charge in [-0.05, 0) is 48.3 Å². The molecular weight excluding hydrogens is 544 g/mol. The van der Waals surface area contributed by atoms with Gasteiger partial charge in [-0.15, -0.1) is 0 Å². The Morgan fingerprint density at radius 2 is 1.65 bits per heavy atom. The highest BCUT2D eigenvalue weighted by Gasteiger charge is 2.88. The first-order chi connectivity index (χ1) is 20.4. The first kappa shape index (κ1) is 32.6. The standard InChI is InChI=1S/C36H46O7/c1-7-8-9-10-11-12-13-14-15-16-17-18-42-33(40)35-31(34(35,5)6)29-21-26(22-37)20-27-28(19-23(2)30(27)39)36(29,41)24(3)32(35)43-25(4)38/h9-19,21,24,27-29,31-32,37,41H,7-8,20,22H2,1-6H3/t24-,27-,28+,29+,31-,32-,35+,36+/m1/s1. The molecule has 2 fully saturated rings. The fraction of sp³-hybridized carbons (Fsp3) is 0.528. The van der Waals surface area contributed by atoms with E-state index in [1.54, 1.807) is 26.0 Å². The van der Waals surface area contributed by atoms with Crippen molar-refractivity contribution in [3.8, 4) is 0 Å². The molecule has 0 radical (unpaired) electrons. The lowest BCUT2D eigenvalue weighted by atomic mass is 9.58. The van der Waals surface area contributed by atoms with Gasteiger partial charge < -0.3 is 19.7 Å². The molecule has 0 unspecified atom stereocenters. The SMILES string of the molecule is CCCC=CC=CC=CC=CC=COC(=O)[C@@]12[C@H](OC(C)=O)[C@@H](C)[C@@]3(O)[C@@H](C=C(CO)C[C@H]4C(=O)C(C)=C[C@@H]43)[C@@H]1C2(C)C. The van der Waals surface area contributed by atoms with Gasteiger partial charge in [-0.25, -0.2) is 0 Å². The molecule has 43 heavy (non-hydrogen) atoms. The highest BCUT2D eigenvalue weighted by molar-refractivity contribution is 6.00. The van der Waals surface area contributed by atoms with E-state index < -0.39 is 64.1 Å². The minimum atomic E-state index is -1.48. The largest absolute Gasteiger partial charge is 0.461 e. The number of rotatable bonds is 10. The Hall–Kier alpha value is -3.29. The Bertz CT molecular complexity index is 1320. The van der Waals surface area contributed by atoms with Gasteiger partial charge in [0.25, 0.3) is 0 Å². The van der Waals surface area contributed by atoms with Gasteiger partial charge in [-0.2, -0.15) is 0 Å². The zero-order valence-electron chi connectivity index (χ0n) is 26.2. The van der Waals surface area contributed by atoms with Crippen molar-refractivity contribution in [1.29, 1.82) is 0 Å². The quantitative estimate of drug-likeness (QED) is 0.145. The number of ether oxygens (including phenoxy) is 2. The van der Waals surface area contributed by atoms with Crippen molar-refractivity contribution in [2.75, 3.05) is 6.61 Å². The number of esters is 2. The van der Waals surface area contributed by atoms with Gasteiger partial charge in [0.2, 0.25) is 0 Å². The van der Waals surface area contributed by atoms with Crippen LogP contribution in [0.15, 0.2) is 84.2 Å². The molecule has 4 rings (SSSR count). The lowest BCUT2D eigenvalue weighted by Gasteiger charge is -2.51. The molecule has 2 saturated carbocycles. The zero-order chi connectivity index (χ0) is 31.6. The summed E-state index contributed by atoms with van der Waals surface area (Å²) in [5.41, 5.74) is -2.17. The monoisotopic (exact) mass is 590 g/mol. The third-order valence-corrected chi connectivity index (χ3v) is 10.3. The number of hydrogen-bond acceptors (Lipinski definition) is 7. The van der Waals surface area contributed by atoms with Crippen molar-refractivity contribution in [3.63, 3.8) is 0 Å². The molecule has 7 heteroatoms. The molecule has 4 aliphatic rings. The smallest absolute Gasteiger partial charge is 0.321 e. The van der Waals surface area contributed by atoms with E-state index in [2.05, 4.69) is 13.0 Å². The minimum absolute atomic E-state index is 0.0474. The predicted octanol–water partition coefficient (Wildman–Crippen LogP) is 5.72. The molecule has 4 aliphatic carbocycles. The van der Waals surface area contributed by atoms with Crippen molar-refractivity contribution in [3.05, 3.63) is 84.2 Å². The van der Waals surface area contributed by atoms with E-state index in [4.69, 9.17) is 9.47 Å². The van der Waals surface area contributed by atoms with Crippen molar-refractivity contribution in [2.24, 2.45) is 40.4 Å². The van der Waals surface area contributed by atoms with E-state index in [9.17, 15) is 24.6 Å². The molecule has 7 nitrogen and oxygen atoms in total. The van der Waals surface area contributed by atoms with Crippen LogP contribution in [0.5, 0.6) is 0 Å². The van der Waals surface area contributed by atoms with Crippen LogP contribution in [-0.2, 0) is 23.9 Å². The summed E-state index contributed by atoms with van der Waals surface area (Å²) in [5.74, 6) is -3.92. The summed E-state index contributed by atoms with van der Waals surface area (Å²) in [4.78, 5) is 39.6. The van der Waals surface area contributed by atoms with Gasteiger partial charge in [0.15, 0.2) is 5.78 Å². The van der Waals surface area contributed by atoms with Gasteiger partial charge in [0.1, 0.15) is 11.5 Å². The van der Waals surface area contributed by atoms with E-state index >= 15 is 0 Å². The Labute approximate surface area is 255 Å². The first-order valence-corrected chi connectivity index (χ1v) is 15.4. The molecule has 232 valence electrons. The summed E-state index contributed by atoms with van der Waals surface area (Å²) in [6, 6.07) is 0. The average Bonchev–Trinajstić information content (AvgIpc) is 3.40. The van der Waals surface area contributed by atoms with Crippen molar-refractivity contribution in [1.82, 2.24) is 0 Å². The molecule has 0 amide bonds. The summed E-state index contributed by atoms with van der Waals surface area (Å²) in [6.45, 7) is 10.6. The van der Waals surface area contributed by atoms with Crippen LogP contribution in [0.2, 0.25) is 0 Å². The van der Waals surface area contributed by atoms with Crippen molar-refractivity contribution < 1.29 is 34.1 Å². The van der Waals surface area contributed by atoms with E-state index in [0.717, 1.165) is 12.8 Å². The van der Waals surface area contributed by atoms with Crippen LogP contribution < -0.4 is 0 Å². The molecule has 0 saturated heterocycles. The van der Waals surface area contributed by atoms with E-state index in [1.165, 1.54) is 13.2 Å². The predicted molar refractivity (Wildman–Crippen MR) is 165 cm³/mol. The number of unbranched alkanes of at least 4 members (excludes halogenated alkanes) is 1. The van der Waals surface area contributed by atoms with Crippen LogP contribution in [0.1, 0.15) is 60.8 Å². The molecular formula is C36H46O7. The number of allylic oxidation sites excluding steroid dienone is 10. The maximum absolute atomic E-state index is 14.0. The van der Waals surface area contributed by atoms with Gasteiger partial charge in [-0.3, -0.25) is 14.4 Å². The second-order valence-corrected chi connectivity index (χ2v) is 12.9. The summed E-state index contributed by atoms with van der Waals surface area (Å²) < 4.78 is 11.6.